The van der Waals surface area contributed by atoms with Crippen molar-refractivity contribution >= 4 is 75.8 Å². The quantitative estimate of drug-likeness (QED) is 0.0348. The van der Waals surface area contributed by atoms with Crippen LogP contribution < -0.4 is 23.6 Å². The van der Waals surface area contributed by atoms with Crippen molar-refractivity contribution in [2.75, 3.05) is 28.4 Å². The van der Waals surface area contributed by atoms with E-state index in [-0.39, 0.29) is 31.6 Å². The summed E-state index contributed by atoms with van der Waals surface area (Å²) in [5, 5.41) is 29.5. The molecule has 0 unspecified atom stereocenters. The van der Waals surface area contributed by atoms with Crippen molar-refractivity contribution in [3.63, 3.8) is 0 Å². The lowest BCUT2D eigenvalue weighted by atomic mass is 10.00. The first-order valence-electron chi connectivity index (χ1n) is 28.2. The van der Waals surface area contributed by atoms with Gasteiger partial charge in [0, 0.05) is 28.5 Å². The van der Waals surface area contributed by atoms with Crippen molar-refractivity contribution in [1.29, 1.82) is 0 Å². The Kier molecular flexibility index (Phi) is 22.0. The van der Waals surface area contributed by atoms with Crippen LogP contribution in [-0.4, -0.2) is 72.7 Å². The Bertz CT molecular complexity index is 4550. The molecule has 0 radical (unpaired) electrons. The van der Waals surface area contributed by atoms with Crippen molar-refractivity contribution in [1.82, 2.24) is 0 Å². The zero-order chi connectivity index (χ0) is 64.4. The molecule has 10 rings (SSSR count). The average Bonchev–Trinajstić information content (AvgIpc) is 0.947. The van der Waals surface area contributed by atoms with Gasteiger partial charge in [-0.1, -0.05) is 145 Å². The minimum atomic E-state index is -3.92. The molecule has 462 valence electrons. The van der Waals surface area contributed by atoms with Crippen molar-refractivity contribution < 1.29 is 64.4 Å². The molecule has 0 atom stereocenters. The van der Waals surface area contributed by atoms with E-state index in [0.29, 0.717) is 72.3 Å². The maximum atomic E-state index is 13.0. The number of anilines is 3. The Morgan fingerprint density at radius 3 is 1.20 bits per heavy atom. The number of carboxylic acid groups (broad SMARTS) is 3. The highest BCUT2D eigenvalue weighted by atomic mass is 32.2. The normalized spacial score (nSPS) is 11.2. The van der Waals surface area contributed by atoms with E-state index in [4.69, 9.17) is 9.47 Å². The Morgan fingerprint density at radius 1 is 0.378 bits per heavy atom. The number of aryl methyl sites for hydroxylation is 7. The van der Waals surface area contributed by atoms with E-state index < -0.39 is 48.0 Å². The number of ether oxygens (including phenoxy) is 2. The summed E-state index contributed by atoms with van der Waals surface area (Å²) < 4.78 is 95.3. The average molecular weight is 1270 g/mol. The van der Waals surface area contributed by atoms with Gasteiger partial charge >= 0.3 is 17.9 Å². The number of fused-ring (bicyclic) bond motifs is 1. The van der Waals surface area contributed by atoms with E-state index in [9.17, 15) is 55.0 Å². The number of benzene rings is 10. The van der Waals surface area contributed by atoms with Crippen LogP contribution in [0.1, 0.15) is 70.0 Å². The van der Waals surface area contributed by atoms with Gasteiger partial charge in [0.2, 0.25) is 0 Å². The molecule has 6 N–H and O–H groups in total. The Labute approximate surface area is 523 Å². The second kappa shape index (κ2) is 30.1. The van der Waals surface area contributed by atoms with Gasteiger partial charge in [-0.25, -0.2) is 39.6 Å². The standard InChI is InChI=1S/C25H21NO4S.C23H23NO6S.C22H21NO4S/c27-25(28)23-13-4-2-9-20(23)16-15-18-7-5-11-21(17-18)26-31(29,30)24-14-6-10-19-8-1-3-12-22(19)24;1-29-19-12-13-21(30-2)22(15-19)31(27,28)24-18-8-5-6-16(14-18)10-11-17-7-3-4-9-20(17)23(25)26;1-16-9-13-20(14-10-16)28(26,27)23-19-7-4-5-17(15-19)11-12-18-6-2-3-8-21(18)22(24)25/h1-14,17,26H,15-16H2,(H,27,28);3-9,12-15,24H,10-11H2,1-2H3,(H,25,26);2-10,13-15,23H,11-12H2,1H3,(H,24,25). The number of hydrogen-bond acceptors (Lipinski definition) is 11. The highest BCUT2D eigenvalue weighted by Gasteiger charge is 2.22. The number of carboxylic acids is 3. The van der Waals surface area contributed by atoms with Crippen molar-refractivity contribution in [2.24, 2.45) is 0 Å². The first kappa shape index (κ1) is 65.7. The van der Waals surface area contributed by atoms with E-state index in [0.717, 1.165) is 44.3 Å². The SMILES string of the molecule is COc1ccc(OC)c(S(=O)(=O)Nc2cccc(CCc3ccccc3C(=O)O)c2)c1.Cc1ccc(S(=O)(=O)Nc2cccc(CCc3ccccc3C(=O)O)c2)cc1.O=C(O)c1ccccc1CCc1cccc(NS(=O)(=O)c2cccc3ccccc23)c1. The molecule has 20 heteroatoms. The summed E-state index contributed by atoms with van der Waals surface area (Å²) in [7, 11) is -8.50. The molecule has 0 aromatic heterocycles. The highest BCUT2D eigenvalue weighted by Crippen LogP contribution is 2.31. The number of carbonyl (C=O) groups is 3. The zero-order valence-corrected chi connectivity index (χ0v) is 51.7. The molecule has 0 aliphatic rings. The minimum Gasteiger partial charge on any atom is -0.497 e. The molecule has 0 bridgehead atoms. The lowest BCUT2D eigenvalue weighted by molar-refractivity contribution is 0.0684. The monoisotopic (exact) mass is 1270 g/mol. The Hall–Kier alpha value is -10.3. The molecule has 10 aromatic carbocycles. The second-order valence-electron chi connectivity index (χ2n) is 20.6. The fraction of sp³-hybridized carbons (Fsp3) is 0.129. The Morgan fingerprint density at radius 2 is 0.767 bits per heavy atom. The van der Waals surface area contributed by atoms with Crippen molar-refractivity contribution in [3.8, 4) is 11.5 Å². The summed E-state index contributed by atoms with van der Waals surface area (Å²) in [4.78, 5) is 34.5. The van der Waals surface area contributed by atoms with Crippen LogP contribution >= 0.6 is 0 Å². The van der Waals surface area contributed by atoms with E-state index in [1.165, 1.54) is 26.4 Å². The summed E-state index contributed by atoms with van der Waals surface area (Å²) in [5.41, 5.74) is 8.11. The van der Waals surface area contributed by atoms with Crippen LogP contribution in [-0.2, 0) is 68.6 Å². The molecule has 10 aromatic rings. The molecule has 0 aliphatic carbocycles. The lowest BCUT2D eigenvalue weighted by Crippen LogP contribution is -2.14. The molecule has 90 heavy (non-hydrogen) atoms. The minimum absolute atomic E-state index is 0.0323. The van der Waals surface area contributed by atoms with Crippen LogP contribution in [0.4, 0.5) is 17.1 Å². The van der Waals surface area contributed by atoms with Gasteiger partial charge in [-0.2, -0.15) is 0 Å². The van der Waals surface area contributed by atoms with Gasteiger partial charge in [-0.15, -0.1) is 0 Å². The number of methoxy groups -OCH3 is 2. The summed E-state index contributed by atoms with van der Waals surface area (Å²) in [6.07, 6.45) is 3.36. The maximum absolute atomic E-state index is 13.0. The smallest absolute Gasteiger partial charge is 0.335 e. The van der Waals surface area contributed by atoms with Crippen LogP contribution in [0, 0.1) is 6.92 Å². The fourth-order valence-corrected chi connectivity index (χ4v) is 13.4. The second-order valence-corrected chi connectivity index (χ2v) is 25.6. The van der Waals surface area contributed by atoms with Crippen LogP contribution in [0.25, 0.3) is 10.8 Å². The summed E-state index contributed by atoms with van der Waals surface area (Å²) in [6, 6.07) is 65.8. The molecule has 0 fully saturated rings. The molecule has 0 spiro atoms. The fourth-order valence-electron chi connectivity index (χ4n) is 9.82. The first-order chi connectivity index (χ1) is 43.1. The van der Waals surface area contributed by atoms with Gasteiger partial charge < -0.3 is 24.8 Å². The molecular weight excluding hydrogens is 1200 g/mol. The van der Waals surface area contributed by atoms with Crippen LogP contribution in [0.15, 0.2) is 245 Å². The van der Waals surface area contributed by atoms with Crippen LogP contribution in [0.3, 0.4) is 0 Å². The zero-order valence-electron chi connectivity index (χ0n) is 49.2. The molecule has 0 amide bonds. The van der Waals surface area contributed by atoms with Gasteiger partial charge in [0.25, 0.3) is 30.1 Å². The third-order valence-corrected chi connectivity index (χ3v) is 18.6. The van der Waals surface area contributed by atoms with E-state index in [2.05, 4.69) is 14.2 Å². The third-order valence-electron chi connectivity index (χ3n) is 14.4. The van der Waals surface area contributed by atoms with Crippen molar-refractivity contribution in [3.05, 3.63) is 286 Å². The molecule has 0 heterocycles. The third kappa shape index (κ3) is 17.7. The van der Waals surface area contributed by atoms with Gasteiger partial charge in [0.1, 0.15) is 16.4 Å². The number of rotatable bonds is 23. The molecule has 0 saturated carbocycles. The number of nitrogens with one attached hydrogen (secondary N) is 3. The van der Waals surface area contributed by atoms with Crippen molar-refractivity contribution in [2.45, 2.75) is 60.1 Å². The predicted molar refractivity (Wildman–Crippen MR) is 349 cm³/mol. The van der Waals surface area contributed by atoms with Gasteiger partial charge in [0.05, 0.1) is 40.7 Å². The molecule has 0 saturated heterocycles. The highest BCUT2D eigenvalue weighted by molar-refractivity contribution is 7.93. The first-order valence-corrected chi connectivity index (χ1v) is 32.6. The van der Waals surface area contributed by atoms with Gasteiger partial charge in [-0.05, 0) is 169 Å². The number of hydrogen-bond donors (Lipinski definition) is 6. The van der Waals surface area contributed by atoms with Crippen LogP contribution in [0.5, 0.6) is 11.5 Å². The number of aromatic carboxylic acids is 3. The predicted octanol–water partition coefficient (Wildman–Crippen LogP) is 13.4. The van der Waals surface area contributed by atoms with Gasteiger partial charge in [0.15, 0.2) is 0 Å². The van der Waals surface area contributed by atoms with Gasteiger partial charge in [-0.3, -0.25) is 14.2 Å². The summed E-state index contributed by atoms with van der Waals surface area (Å²) in [6.45, 7) is 1.90. The molecule has 17 nitrogen and oxygen atoms in total. The Balaban J connectivity index is 0.000000175. The lowest BCUT2D eigenvalue weighted by Gasteiger charge is -2.13. The van der Waals surface area contributed by atoms with Crippen LogP contribution in [0.2, 0.25) is 0 Å². The maximum Gasteiger partial charge on any atom is 0.335 e. The largest absolute Gasteiger partial charge is 0.497 e. The number of sulfonamides is 3. The van der Waals surface area contributed by atoms with E-state index in [1.807, 2.05) is 61.5 Å². The van der Waals surface area contributed by atoms with E-state index >= 15 is 0 Å². The van der Waals surface area contributed by atoms with E-state index in [1.54, 1.807) is 164 Å². The topological polar surface area (TPSA) is 269 Å². The summed E-state index contributed by atoms with van der Waals surface area (Å²) >= 11 is 0. The summed E-state index contributed by atoms with van der Waals surface area (Å²) in [5.74, 6) is -2.27. The molecular formula is C70H65N3O14S3. The molecule has 0 aliphatic heterocycles.